The number of hydrazone groups is 1. The topological polar surface area (TPSA) is 74.2 Å². The first-order valence-electron chi connectivity index (χ1n) is 4.34. The van der Waals surface area contributed by atoms with Crippen molar-refractivity contribution < 1.29 is 0 Å². The second kappa shape index (κ2) is 5.45. The number of thiocarbonyl (C=S) groups is 1. The van der Waals surface area contributed by atoms with Crippen molar-refractivity contribution in [3.8, 4) is 6.07 Å². The van der Waals surface area contributed by atoms with E-state index >= 15 is 0 Å². The van der Waals surface area contributed by atoms with Gasteiger partial charge >= 0.3 is 0 Å². The Hall–Kier alpha value is -1.64. The van der Waals surface area contributed by atoms with E-state index < -0.39 is 0 Å². The summed E-state index contributed by atoms with van der Waals surface area (Å²) >= 11 is 10.4. The first-order valence-corrected chi connectivity index (χ1v) is 5.13. The van der Waals surface area contributed by atoms with Gasteiger partial charge in [-0.05, 0) is 30.7 Å². The summed E-state index contributed by atoms with van der Waals surface area (Å²) in [6.07, 6.45) is 0. The third kappa shape index (κ3) is 3.19. The molecule has 0 aliphatic heterocycles. The van der Waals surface area contributed by atoms with Crippen LogP contribution < -0.4 is 11.2 Å². The highest BCUT2D eigenvalue weighted by Crippen LogP contribution is 2.19. The van der Waals surface area contributed by atoms with Crippen LogP contribution in [0.2, 0.25) is 5.02 Å². The van der Waals surface area contributed by atoms with E-state index in [1.807, 2.05) is 6.92 Å². The Bertz CT molecular complexity index is 490. The molecule has 6 heteroatoms. The summed E-state index contributed by atoms with van der Waals surface area (Å²) in [4.78, 5) is -0.0402. The third-order valence-electron chi connectivity index (χ3n) is 1.82. The zero-order valence-corrected chi connectivity index (χ0v) is 10.1. The fourth-order valence-corrected chi connectivity index (χ4v) is 1.32. The van der Waals surface area contributed by atoms with Crippen molar-refractivity contribution in [3.05, 3.63) is 28.8 Å². The van der Waals surface area contributed by atoms with Gasteiger partial charge in [0.05, 0.1) is 5.69 Å². The minimum Gasteiger partial charge on any atom is -0.387 e. The van der Waals surface area contributed by atoms with Gasteiger partial charge in [-0.1, -0.05) is 23.8 Å². The number of hydrogen-bond acceptors (Lipinski definition) is 4. The number of nitriles is 1. The van der Waals surface area contributed by atoms with Crippen molar-refractivity contribution >= 4 is 40.2 Å². The van der Waals surface area contributed by atoms with Gasteiger partial charge in [0, 0.05) is 5.02 Å². The molecule has 0 aliphatic rings. The normalized spacial score (nSPS) is 10.7. The molecule has 1 aromatic rings. The molecule has 0 aromatic heterocycles. The van der Waals surface area contributed by atoms with Crippen LogP contribution in [0, 0.1) is 18.3 Å². The monoisotopic (exact) mass is 252 g/mol. The molecule has 0 bridgehead atoms. The largest absolute Gasteiger partial charge is 0.387 e. The molecule has 0 aliphatic carbocycles. The van der Waals surface area contributed by atoms with E-state index in [4.69, 9.17) is 22.6 Å². The molecule has 82 valence electrons. The van der Waals surface area contributed by atoms with Crippen LogP contribution >= 0.6 is 23.8 Å². The molecular formula is C10H9ClN4S. The van der Waals surface area contributed by atoms with Gasteiger partial charge in [0.25, 0.3) is 0 Å². The molecule has 1 aromatic carbocycles. The second-order valence-electron chi connectivity index (χ2n) is 3.01. The van der Waals surface area contributed by atoms with Gasteiger partial charge in [0.1, 0.15) is 11.1 Å². The van der Waals surface area contributed by atoms with E-state index in [-0.39, 0.29) is 10.7 Å². The average Bonchev–Trinajstić information content (AvgIpc) is 2.21. The molecule has 3 N–H and O–H groups in total. The number of nitrogens with one attached hydrogen (secondary N) is 1. The molecule has 0 unspecified atom stereocenters. The molecule has 0 spiro atoms. The van der Waals surface area contributed by atoms with Gasteiger partial charge in [-0.15, -0.1) is 0 Å². The maximum atomic E-state index is 8.68. The molecular weight excluding hydrogens is 244 g/mol. The first kappa shape index (κ1) is 12.4. The fourth-order valence-electron chi connectivity index (χ4n) is 1.00. The standard InChI is InChI=1S/C10H9ClN4S/c1-6-4-7(11)2-3-8(6)14-15-9(5-12)10(13)16/h2-4,14H,1H3,(H2,13,16). The first-order chi connectivity index (χ1) is 7.54. The van der Waals surface area contributed by atoms with Gasteiger partial charge in [0.15, 0.2) is 5.71 Å². The third-order valence-corrected chi connectivity index (χ3v) is 2.24. The molecule has 0 amide bonds. The summed E-state index contributed by atoms with van der Waals surface area (Å²) in [6.45, 7) is 1.87. The number of halogens is 1. The van der Waals surface area contributed by atoms with Crippen LogP contribution in [0.4, 0.5) is 5.69 Å². The molecule has 0 atom stereocenters. The quantitative estimate of drug-likeness (QED) is 0.491. The Morgan fingerprint density at radius 1 is 1.62 bits per heavy atom. The van der Waals surface area contributed by atoms with Crippen molar-refractivity contribution in [3.63, 3.8) is 0 Å². The van der Waals surface area contributed by atoms with Crippen molar-refractivity contribution in [2.24, 2.45) is 10.8 Å². The number of benzene rings is 1. The molecule has 4 nitrogen and oxygen atoms in total. The maximum Gasteiger partial charge on any atom is 0.194 e. The Morgan fingerprint density at radius 2 is 2.31 bits per heavy atom. The van der Waals surface area contributed by atoms with Crippen LogP contribution in [0.15, 0.2) is 23.3 Å². The van der Waals surface area contributed by atoms with Gasteiger partial charge in [-0.3, -0.25) is 5.43 Å². The zero-order chi connectivity index (χ0) is 12.1. The van der Waals surface area contributed by atoms with E-state index in [1.54, 1.807) is 24.3 Å². The predicted octanol–water partition coefficient (Wildman–Crippen LogP) is 2.23. The number of rotatable bonds is 3. The predicted molar refractivity (Wildman–Crippen MR) is 69.6 cm³/mol. The van der Waals surface area contributed by atoms with E-state index in [0.717, 1.165) is 11.3 Å². The Balaban J connectivity index is 2.90. The van der Waals surface area contributed by atoms with Crippen molar-refractivity contribution in [1.29, 1.82) is 5.26 Å². The Morgan fingerprint density at radius 3 is 2.81 bits per heavy atom. The van der Waals surface area contributed by atoms with Crippen molar-refractivity contribution in [1.82, 2.24) is 0 Å². The highest BCUT2D eigenvalue weighted by atomic mass is 35.5. The lowest BCUT2D eigenvalue weighted by Crippen LogP contribution is -2.20. The molecule has 1 rings (SSSR count). The number of aryl methyl sites for hydroxylation is 1. The summed E-state index contributed by atoms with van der Waals surface area (Å²) in [5.74, 6) is 0. The lowest BCUT2D eigenvalue weighted by Gasteiger charge is -2.05. The maximum absolute atomic E-state index is 8.68. The molecule has 0 radical (unpaired) electrons. The Labute approximate surface area is 104 Å². The fraction of sp³-hybridized carbons (Fsp3) is 0.100. The molecule has 0 fully saturated rings. The van der Waals surface area contributed by atoms with E-state index in [0.29, 0.717) is 5.02 Å². The summed E-state index contributed by atoms with van der Waals surface area (Å²) in [5.41, 5.74) is 9.65. The second-order valence-corrected chi connectivity index (χ2v) is 3.88. The van der Waals surface area contributed by atoms with Crippen LogP contribution in [0.25, 0.3) is 0 Å². The van der Waals surface area contributed by atoms with Gasteiger partial charge in [-0.2, -0.15) is 10.4 Å². The molecule has 16 heavy (non-hydrogen) atoms. The van der Waals surface area contributed by atoms with E-state index in [2.05, 4.69) is 22.7 Å². The average molecular weight is 253 g/mol. The molecule has 0 saturated heterocycles. The van der Waals surface area contributed by atoms with Crippen LogP contribution in [-0.4, -0.2) is 10.7 Å². The van der Waals surface area contributed by atoms with Gasteiger partial charge in [-0.25, -0.2) is 0 Å². The minimum atomic E-state index is -0.0402. The summed E-state index contributed by atoms with van der Waals surface area (Å²) < 4.78 is 0. The van der Waals surface area contributed by atoms with E-state index in [1.165, 1.54) is 0 Å². The highest BCUT2D eigenvalue weighted by molar-refractivity contribution is 7.82. The zero-order valence-electron chi connectivity index (χ0n) is 8.49. The SMILES string of the molecule is Cc1cc(Cl)ccc1NN=C(C#N)C(N)=S. The molecule has 0 heterocycles. The number of nitrogens with zero attached hydrogens (tertiary/aromatic N) is 2. The van der Waals surface area contributed by atoms with Crippen LogP contribution in [0.1, 0.15) is 5.56 Å². The van der Waals surface area contributed by atoms with Crippen LogP contribution in [0.5, 0.6) is 0 Å². The van der Waals surface area contributed by atoms with Crippen LogP contribution in [-0.2, 0) is 0 Å². The van der Waals surface area contributed by atoms with Crippen LogP contribution in [0.3, 0.4) is 0 Å². The van der Waals surface area contributed by atoms with Gasteiger partial charge < -0.3 is 5.73 Å². The summed E-state index contributed by atoms with van der Waals surface area (Å²) in [6, 6.07) is 7.06. The lowest BCUT2D eigenvalue weighted by atomic mass is 10.2. The summed E-state index contributed by atoms with van der Waals surface area (Å²) in [7, 11) is 0. The highest BCUT2D eigenvalue weighted by Gasteiger charge is 2.02. The minimum absolute atomic E-state index is 0.00986. The Kier molecular flexibility index (Phi) is 4.23. The van der Waals surface area contributed by atoms with Crippen molar-refractivity contribution in [2.45, 2.75) is 6.92 Å². The summed E-state index contributed by atoms with van der Waals surface area (Å²) in [5, 5.41) is 13.1. The van der Waals surface area contributed by atoms with Gasteiger partial charge in [0.2, 0.25) is 0 Å². The van der Waals surface area contributed by atoms with E-state index in [9.17, 15) is 0 Å². The lowest BCUT2D eigenvalue weighted by molar-refractivity contribution is 1.31. The number of nitrogens with two attached hydrogens (primary N) is 1. The smallest absolute Gasteiger partial charge is 0.194 e. The molecule has 0 saturated carbocycles. The van der Waals surface area contributed by atoms with Crippen molar-refractivity contribution in [2.75, 3.05) is 5.43 Å². The number of anilines is 1. The number of hydrogen-bond donors (Lipinski definition) is 2.